The molecular formula is C11H27Cl2F3N4Ti. The van der Waals surface area contributed by atoms with Gasteiger partial charge in [-0.15, -0.1) is 37.9 Å². The molecule has 1 fully saturated rings. The summed E-state index contributed by atoms with van der Waals surface area (Å²) in [5.41, 5.74) is 0. The molecule has 1 saturated heterocycles. The van der Waals surface area contributed by atoms with Crippen LogP contribution in [0, 0.1) is 21.5 Å². The molecule has 0 aromatic rings. The van der Waals surface area contributed by atoms with E-state index in [1.165, 1.54) is 0 Å². The topological polar surface area (TPSA) is 50.2 Å². The van der Waals surface area contributed by atoms with Crippen LogP contribution in [0.4, 0.5) is 13.2 Å². The average Bonchev–Trinajstić information content (AvgIpc) is 2.17. The first-order chi connectivity index (χ1) is 7.73. The van der Waals surface area contributed by atoms with E-state index in [-0.39, 0.29) is 61.4 Å². The molecule has 0 atom stereocenters. The van der Waals surface area contributed by atoms with E-state index in [1.807, 2.05) is 0 Å². The number of halogens is 5. The normalized spacial score (nSPS) is 15.4. The summed E-state index contributed by atoms with van der Waals surface area (Å²) in [5.74, 6) is 0. The Morgan fingerprint density at radius 2 is 0.905 bits per heavy atom. The molecule has 0 amide bonds. The third-order valence-corrected chi connectivity index (χ3v) is 1.85. The van der Waals surface area contributed by atoms with E-state index in [0.717, 1.165) is 52.4 Å². The zero-order valence-electron chi connectivity index (χ0n) is 12.6. The Morgan fingerprint density at radius 1 is 0.667 bits per heavy atom. The van der Waals surface area contributed by atoms with Crippen molar-refractivity contribution in [3.05, 3.63) is 26.8 Å². The number of hydrogen-bond acceptors (Lipinski definition) is 3. The van der Waals surface area contributed by atoms with Crippen LogP contribution in [-0.2, 0) is 21.7 Å². The van der Waals surface area contributed by atoms with Gasteiger partial charge in [-0.2, -0.15) is 0 Å². The minimum Gasteiger partial charge on any atom is -0.660 e. The molecule has 0 aromatic carbocycles. The van der Waals surface area contributed by atoms with Gasteiger partial charge < -0.3 is 49.3 Å². The van der Waals surface area contributed by atoms with Crippen LogP contribution < -0.4 is 16.0 Å². The fourth-order valence-corrected chi connectivity index (χ4v) is 1.16. The molecule has 0 aromatic heterocycles. The molecule has 0 aliphatic carbocycles. The zero-order valence-corrected chi connectivity index (χ0v) is 15.7. The van der Waals surface area contributed by atoms with E-state index >= 15 is 0 Å². The van der Waals surface area contributed by atoms with Crippen molar-refractivity contribution in [2.45, 2.75) is 0 Å². The second kappa shape index (κ2) is 32.8. The molecule has 0 bridgehead atoms. The van der Waals surface area contributed by atoms with Crippen molar-refractivity contribution in [3.8, 4) is 0 Å². The van der Waals surface area contributed by atoms with E-state index in [0.29, 0.717) is 0 Å². The van der Waals surface area contributed by atoms with Gasteiger partial charge in [-0.05, 0) is 13.1 Å². The SMILES string of the molecule is C1CNCCNCCNCC[N-]1.Cl.Cl.F[C-](F)F.[CH3-].[CH3-].[Ti+4]. The predicted octanol–water partition coefficient (Wildman–Crippen LogP) is 2.23. The maximum atomic E-state index is 9.58. The second-order valence-electron chi connectivity index (χ2n) is 3.14. The molecule has 1 heterocycles. The van der Waals surface area contributed by atoms with Crippen LogP contribution in [0.5, 0.6) is 0 Å². The van der Waals surface area contributed by atoms with Crippen molar-refractivity contribution < 1.29 is 34.9 Å². The minimum atomic E-state index is -3.08. The second-order valence-corrected chi connectivity index (χ2v) is 3.14. The Labute approximate surface area is 154 Å². The van der Waals surface area contributed by atoms with E-state index in [4.69, 9.17) is 0 Å². The van der Waals surface area contributed by atoms with Crippen LogP contribution in [0.15, 0.2) is 0 Å². The maximum absolute atomic E-state index is 9.58. The van der Waals surface area contributed by atoms with Crippen LogP contribution in [0.2, 0.25) is 0 Å². The van der Waals surface area contributed by atoms with Gasteiger partial charge in [0.2, 0.25) is 0 Å². The first kappa shape index (κ1) is 37.9. The zero-order chi connectivity index (χ0) is 12.1. The Kier molecular flexibility index (Phi) is 59.0. The quantitative estimate of drug-likeness (QED) is 0.439. The number of nitrogens with zero attached hydrogens (tertiary/aromatic N) is 1. The summed E-state index contributed by atoms with van der Waals surface area (Å²) in [6, 6.07) is 0. The Morgan fingerprint density at radius 3 is 1.19 bits per heavy atom. The summed E-state index contributed by atoms with van der Waals surface area (Å²) >= 11 is 0. The minimum absolute atomic E-state index is 0. The number of hydrogen-bond donors (Lipinski definition) is 3. The van der Waals surface area contributed by atoms with Gasteiger partial charge in [0, 0.05) is 26.2 Å². The van der Waals surface area contributed by atoms with Crippen molar-refractivity contribution in [2.75, 3.05) is 52.4 Å². The van der Waals surface area contributed by atoms with Crippen molar-refractivity contribution in [1.29, 1.82) is 0 Å². The van der Waals surface area contributed by atoms with Crippen molar-refractivity contribution >= 4 is 24.8 Å². The van der Waals surface area contributed by atoms with E-state index in [2.05, 4.69) is 21.3 Å². The van der Waals surface area contributed by atoms with Crippen molar-refractivity contribution in [3.63, 3.8) is 0 Å². The van der Waals surface area contributed by atoms with Crippen molar-refractivity contribution in [1.82, 2.24) is 16.0 Å². The number of rotatable bonds is 0. The summed E-state index contributed by atoms with van der Waals surface area (Å²) < 4.78 is 28.8. The standard InChI is InChI=1S/C8H19N4.CF3.2CH3.2ClH.Ti/c1-2-10-5-6-12-8-7-11-4-3-9-1;2-1(3)4;;;;;/h9-11H,1-8H2;;2*1H3;2*1H;/q4*-1;;;+4. The third kappa shape index (κ3) is 44.9. The van der Waals surface area contributed by atoms with Gasteiger partial charge >= 0.3 is 21.7 Å². The molecule has 0 spiro atoms. The third-order valence-electron chi connectivity index (χ3n) is 1.85. The van der Waals surface area contributed by atoms with Crippen LogP contribution in [0.1, 0.15) is 0 Å². The summed E-state index contributed by atoms with van der Waals surface area (Å²) in [4.78, 5) is 0. The van der Waals surface area contributed by atoms with Gasteiger partial charge in [0.1, 0.15) is 0 Å². The molecular weight excluding hydrogens is 364 g/mol. The van der Waals surface area contributed by atoms with Gasteiger partial charge in [-0.25, -0.2) is 0 Å². The molecule has 4 nitrogen and oxygen atoms in total. The molecule has 1 aliphatic rings. The summed E-state index contributed by atoms with van der Waals surface area (Å²) in [5, 5.41) is 14.4. The maximum Gasteiger partial charge on any atom is 4.00 e. The molecule has 10 heteroatoms. The van der Waals surface area contributed by atoms with E-state index in [9.17, 15) is 13.2 Å². The molecule has 1 rings (SSSR count). The predicted molar refractivity (Wildman–Crippen MR) is 85.6 cm³/mol. The van der Waals surface area contributed by atoms with Gasteiger partial charge in [0.05, 0.1) is 0 Å². The average molecular weight is 391 g/mol. The first-order valence-corrected chi connectivity index (χ1v) is 5.32. The largest absolute Gasteiger partial charge is 4.00 e. The molecule has 3 N–H and O–H groups in total. The Balaban J connectivity index is -0.0000000566. The molecule has 130 valence electrons. The van der Waals surface area contributed by atoms with Crippen molar-refractivity contribution in [2.24, 2.45) is 0 Å². The van der Waals surface area contributed by atoms with Crippen LogP contribution >= 0.6 is 24.8 Å². The summed E-state index contributed by atoms with van der Waals surface area (Å²) in [6.07, 6.45) is 0. The first-order valence-electron chi connectivity index (χ1n) is 5.32. The number of nitrogens with one attached hydrogen (secondary N) is 3. The monoisotopic (exact) mass is 390 g/mol. The smallest absolute Gasteiger partial charge is 0.660 e. The fourth-order valence-electron chi connectivity index (χ4n) is 1.16. The Bertz CT molecular complexity index is 109. The van der Waals surface area contributed by atoms with Crippen LogP contribution in [0.3, 0.4) is 0 Å². The molecule has 0 saturated carbocycles. The summed E-state index contributed by atoms with van der Waals surface area (Å²) in [6.45, 7) is 5.06. The van der Waals surface area contributed by atoms with Gasteiger partial charge in [-0.3, -0.25) is 0 Å². The van der Waals surface area contributed by atoms with Gasteiger partial charge in [0.15, 0.2) is 6.68 Å². The van der Waals surface area contributed by atoms with Gasteiger partial charge in [0.25, 0.3) is 0 Å². The Hall–Kier alpha value is 0.924. The van der Waals surface area contributed by atoms with Crippen LogP contribution in [-0.4, -0.2) is 52.4 Å². The fraction of sp³-hybridized carbons (Fsp3) is 0.727. The van der Waals surface area contributed by atoms with E-state index < -0.39 is 6.68 Å². The van der Waals surface area contributed by atoms with E-state index in [1.54, 1.807) is 0 Å². The molecule has 1 aliphatic heterocycles. The molecule has 21 heavy (non-hydrogen) atoms. The van der Waals surface area contributed by atoms with Gasteiger partial charge in [-0.1, -0.05) is 0 Å². The molecule has 0 unspecified atom stereocenters. The molecule has 0 radical (unpaired) electrons. The summed E-state index contributed by atoms with van der Waals surface area (Å²) in [7, 11) is 0. The van der Waals surface area contributed by atoms with Crippen LogP contribution in [0.25, 0.3) is 5.32 Å².